The molecule has 94 valence electrons. The highest BCUT2D eigenvalue weighted by Crippen LogP contribution is 2.24. The van der Waals surface area contributed by atoms with E-state index in [0.29, 0.717) is 10.6 Å². The van der Waals surface area contributed by atoms with E-state index in [1.165, 1.54) is 6.92 Å². The maximum Gasteiger partial charge on any atom is 0.161 e. The van der Waals surface area contributed by atoms with Crippen LogP contribution in [0.4, 0.5) is 5.69 Å². The van der Waals surface area contributed by atoms with Gasteiger partial charge >= 0.3 is 0 Å². The van der Waals surface area contributed by atoms with Crippen molar-refractivity contribution in [2.24, 2.45) is 0 Å². The summed E-state index contributed by atoms with van der Waals surface area (Å²) in [6.45, 7) is 5.35. The van der Waals surface area contributed by atoms with E-state index in [4.69, 9.17) is 16.7 Å². The molecular weight excluding hydrogens is 238 g/mol. The lowest BCUT2D eigenvalue weighted by atomic mass is 10.1. The summed E-state index contributed by atoms with van der Waals surface area (Å²) in [6, 6.07) is 5.45. The molecule has 0 heterocycles. The monoisotopic (exact) mass is 255 g/mol. The third-order valence-corrected chi connectivity index (χ3v) is 2.98. The fourth-order valence-electron chi connectivity index (χ4n) is 1.72. The predicted molar refractivity (Wildman–Crippen MR) is 71.0 cm³/mol. The molecule has 1 aromatic rings. The van der Waals surface area contributed by atoms with Crippen LogP contribution < -0.4 is 4.90 Å². The van der Waals surface area contributed by atoms with Gasteiger partial charge in [0.1, 0.15) is 0 Å². The van der Waals surface area contributed by atoms with Gasteiger partial charge in [-0.15, -0.1) is 0 Å². The molecule has 1 rings (SSSR count). The van der Waals surface area contributed by atoms with Gasteiger partial charge in [-0.2, -0.15) is 0 Å². The lowest BCUT2D eigenvalue weighted by Gasteiger charge is -2.23. The van der Waals surface area contributed by atoms with E-state index < -0.39 is 0 Å². The molecule has 0 amide bonds. The van der Waals surface area contributed by atoms with Crippen LogP contribution in [-0.2, 0) is 0 Å². The van der Waals surface area contributed by atoms with Gasteiger partial charge in [-0.05, 0) is 38.5 Å². The van der Waals surface area contributed by atoms with Crippen LogP contribution >= 0.6 is 11.6 Å². The van der Waals surface area contributed by atoms with Crippen molar-refractivity contribution in [1.29, 1.82) is 0 Å². The average Bonchev–Trinajstić information content (AvgIpc) is 2.29. The van der Waals surface area contributed by atoms with E-state index in [9.17, 15) is 4.79 Å². The van der Waals surface area contributed by atoms with Gasteiger partial charge in [-0.3, -0.25) is 4.79 Å². The van der Waals surface area contributed by atoms with E-state index in [0.717, 1.165) is 25.2 Å². The van der Waals surface area contributed by atoms with Crippen LogP contribution in [0.5, 0.6) is 0 Å². The summed E-state index contributed by atoms with van der Waals surface area (Å²) in [4.78, 5) is 13.4. The van der Waals surface area contributed by atoms with Crippen molar-refractivity contribution in [1.82, 2.24) is 0 Å². The number of aliphatic hydroxyl groups excluding tert-OH is 1. The Morgan fingerprint density at radius 1 is 1.47 bits per heavy atom. The first kappa shape index (κ1) is 14.0. The maximum absolute atomic E-state index is 11.3. The Labute approximate surface area is 107 Å². The number of benzene rings is 1. The highest BCUT2D eigenvalue weighted by Gasteiger charge is 2.09. The van der Waals surface area contributed by atoms with E-state index in [2.05, 4.69) is 4.90 Å². The van der Waals surface area contributed by atoms with Crippen LogP contribution in [0, 0.1) is 0 Å². The summed E-state index contributed by atoms with van der Waals surface area (Å²) in [5, 5.41) is 9.32. The number of carbonyl (C=O) groups excluding carboxylic acids is 1. The number of nitrogens with zero attached hydrogens (tertiary/aromatic N) is 1. The number of carbonyl (C=O) groups is 1. The van der Waals surface area contributed by atoms with Crippen LogP contribution in [0.1, 0.15) is 30.6 Å². The molecule has 0 saturated carbocycles. The maximum atomic E-state index is 11.3. The second-order valence-electron chi connectivity index (χ2n) is 3.88. The second-order valence-corrected chi connectivity index (χ2v) is 4.28. The van der Waals surface area contributed by atoms with Gasteiger partial charge in [0, 0.05) is 30.9 Å². The zero-order valence-corrected chi connectivity index (χ0v) is 11.0. The highest BCUT2D eigenvalue weighted by molar-refractivity contribution is 6.34. The van der Waals surface area contributed by atoms with Gasteiger partial charge in [0.25, 0.3) is 0 Å². The number of rotatable bonds is 6. The van der Waals surface area contributed by atoms with Crippen molar-refractivity contribution >= 4 is 23.1 Å². The molecule has 1 N–H and O–H groups in total. The number of aliphatic hydroxyl groups is 1. The number of halogens is 1. The van der Waals surface area contributed by atoms with Gasteiger partial charge in [0.05, 0.1) is 5.02 Å². The smallest absolute Gasteiger partial charge is 0.161 e. The average molecular weight is 256 g/mol. The number of hydrogen-bond donors (Lipinski definition) is 1. The van der Waals surface area contributed by atoms with Crippen LogP contribution in [-0.4, -0.2) is 30.6 Å². The molecule has 0 spiro atoms. The molecule has 0 fully saturated rings. The molecule has 0 aliphatic heterocycles. The minimum Gasteiger partial charge on any atom is -0.396 e. The highest BCUT2D eigenvalue weighted by atomic mass is 35.5. The standard InChI is InChI=1S/C13H18ClNO2/c1-3-15(7-4-8-16)11-5-6-12(10(2)17)13(14)9-11/h5-6,9,16H,3-4,7-8H2,1-2H3. The molecule has 0 bridgehead atoms. The van der Waals surface area contributed by atoms with Crippen molar-refractivity contribution in [2.45, 2.75) is 20.3 Å². The number of hydrogen-bond acceptors (Lipinski definition) is 3. The SMILES string of the molecule is CCN(CCCO)c1ccc(C(C)=O)c(Cl)c1. The van der Waals surface area contributed by atoms with Gasteiger partial charge < -0.3 is 10.0 Å². The molecule has 0 aromatic heterocycles. The Balaban J connectivity index is 2.90. The molecule has 4 heteroatoms. The van der Waals surface area contributed by atoms with E-state index in [1.54, 1.807) is 12.1 Å². The van der Waals surface area contributed by atoms with Crippen LogP contribution in [0.15, 0.2) is 18.2 Å². The van der Waals surface area contributed by atoms with E-state index >= 15 is 0 Å². The minimum atomic E-state index is -0.0278. The summed E-state index contributed by atoms with van der Waals surface area (Å²) >= 11 is 6.06. The Bertz CT molecular complexity index is 393. The molecule has 0 radical (unpaired) electrons. The quantitative estimate of drug-likeness (QED) is 0.795. The third kappa shape index (κ3) is 3.72. The van der Waals surface area contributed by atoms with Crippen molar-refractivity contribution in [3.63, 3.8) is 0 Å². The summed E-state index contributed by atoms with van der Waals surface area (Å²) in [5.41, 5.74) is 1.53. The van der Waals surface area contributed by atoms with E-state index in [-0.39, 0.29) is 12.4 Å². The van der Waals surface area contributed by atoms with Gasteiger partial charge in [0.15, 0.2) is 5.78 Å². The number of ketones is 1. The molecule has 0 unspecified atom stereocenters. The lowest BCUT2D eigenvalue weighted by molar-refractivity contribution is 0.101. The molecule has 3 nitrogen and oxygen atoms in total. The zero-order chi connectivity index (χ0) is 12.8. The Morgan fingerprint density at radius 2 is 2.18 bits per heavy atom. The van der Waals surface area contributed by atoms with Gasteiger partial charge in [-0.1, -0.05) is 11.6 Å². The van der Waals surface area contributed by atoms with Crippen LogP contribution in [0.2, 0.25) is 5.02 Å². The first-order chi connectivity index (χ1) is 8.10. The first-order valence-corrected chi connectivity index (χ1v) is 6.14. The van der Waals surface area contributed by atoms with Crippen molar-refractivity contribution in [3.8, 4) is 0 Å². The fourth-order valence-corrected chi connectivity index (χ4v) is 2.03. The fraction of sp³-hybridized carbons (Fsp3) is 0.462. The molecule has 0 aliphatic carbocycles. The number of anilines is 1. The topological polar surface area (TPSA) is 40.5 Å². The molecule has 0 atom stereocenters. The minimum absolute atomic E-state index is 0.0278. The normalized spacial score (nSPS) is 10.4. The summed E-state index contributed by atoms with van der Waals surface area (Å²) < 4.78 is 0. The molecule has 17 heavy (non-hydrogen) atoms. The van der Waals surface area contributed by atoms with Crippen molar-refractivity contribution in [2.75, 3.05) is 24.6 Å². The zero-order valence-electron chi connectivity index (χ0n) is 10.2. The molecule has 0 saturated heterocycles. The number of Topliss-reactive ketones (excluding diaryl/α,β-unsaturated/α-hetero) is 1. The summed E-state index contributed by atoms with van der Waals surface area (Å²) in [5.74, 6) is -0.0278. The Kier molecular flexibility index (Phi) is 5.45. The summed E-state index contributed by atoms with van der Waals surface area (Å²) in [6.07, 6.45) is 0.722. The first-order valence-electron chi connectivity index (χ1n) is 5.76. The second kappa shape index (κ2) is 6.62. The Morgan fingerprint density at radius 3 is 2.65 bits per heavy atom. The lowest BCUT2D eigenvalue weighted by Crippen LogP contribution is -2.24. The third-order valence-electron chi connectivity index (χ3n) is 2.66. The molecule has 1 aromatic carbocycles. The van der Waals surface area contributed by atoms with Crippen molar-refractivity contribution in [3.05, 3.63) is 28.8 Å². The van der Waals surface area contributed by atoms with Crippen molar-refractivity contribution < 1.29 is 9.90 Å². The largest absolute Gasteiger partial charge is 0.396 e. The summed E-state index contributed by atoms with van der Waals surface area (Å²) in [7, 11) is 0. The van der Waals surface area contributed by atoms with Gasteiger partial charge in [-0.25, -0.2) is 0 Å². The Hall–Kier alpha value is -1.06. The molecular formula is C13H18ClNO2. The van der Waals surface area contributed by atoms with E-state index in [1.807, 2.05) is 13.0 Å². The predicted octanol–water partition coefficient (Wildman–Crippen LogP) is 2.75. The van der Waals surface area contributed by atoms with Gasteiger partial charge in [0.2, 0.25) is 0 Å². The molecule has 0 aliphatic rings. The van der Waals surface area contributed by atoms with Crippen LogP contribution in [0.25, 0.3) is 0 Å². The van der Waals surface area contributed by atoms with Crippen LogP contribution in [0.3, 0.4) is 0 Å².